The lowest BCUT2D eigenvalue weighted by Gasteiger charge is -2.11. The standard InChI is InChI=1S/C10H13FN2OS/c1-6(5-14)15-9-3-2-7(11)4-8(9)10(12)13/h2-4,6,14H,5H2,1H3,(H3,12,13). The summed E-state index contributed by atoms with van der Waals surface area (Å²) in [5, 5.41) is 16.2. The Morgan fingerprint density at radius 1 is 1.67 bits per heavy atom. The fourth-order valence-electron chi connectivity index (χ4n) is 1.07. The largest absolute Gasteiger partial charge is 0.395 e. The third kappa shape index (κ3) is 3.21. The molecule has 0 bridgehead atoms. The summed E-state index contributed by atoms with van der Waals surface area (Å²) in [5.74, 6) is -0.580. The van der Waals surface area contributed by atoms with E-state index in [-0.39, 0.29) is 17.7 Å². The average molecular weight is 228 g/mol. The van der Waals surface area contributed by atoms with Gasteiger partial charge in [-0.05, 0) is 18.2 Å². The number of halogens is 1. The first kappa shape index (κ1) is 12.0. The number of rotatable bonds is 4. The number of thioether (sulfide) groups is 1. The Morgan fingerprint density at radius 3 is 2.87 bits per heavy atom. The summed E-state index contributed by atoms with van der Waals surface area (Å²) in [6.07, 6.45) is 0. The van der Waals surface area contributed by atoms with E-state index < -0.39 is 5.82 Å². The summed E-state index contributed by atoms with van der Waals surface area (Å²) in [6.45, 7) is 1.87. The smallest absolute Gasteiger partial charge is 0.124 e. The Balaban J connectivity index is 3.01. The van der Waals surface area contributed by atoms with E-state index in [0.717, 1.165) is 0 Å². The zero-order valence-corrected chi connectivity index (χ0v) is 9.14. The van der Waals surface area contributed by atoms with Crippen molar-refractivity contribution in [2.75, 3.05) is 6.61 Å². The van der Waals surface area contributed by atoms with Gasteiger partial charge in [-0.15, -0.1) is 11.8 Å². The predicted molar refractivity (Wildman–Crippen MR) is 59.8 cm³/mol. The van der Waals surface area contributed by atoms with Crippen molar-refractivity contribution in [3.8, 4) is 0 Å². The van der Waals surface area contributed by atoms with Gasteiger partial charge in [0.25, 0.3) is 0 Å². The van der Waals surface area contributed by atoms with E-state index in [2.05, 4.69) is 0 Å². The maximum absolute atomic E-state index is 12.9. The van der Waals surface area contributed by atoms with E-state index in [1.165, 1.54) is 23.9 Å². The van der Waals surface area contributed by atoms with Gasteiger partial charge in [0.2, 0.25) is 0 Å². The first-order chi connectivity index (χ1) is 7.04. The van der Waals surface area contributed by atoms with Crippen LogP contribution in [0.4, 0.5) is 4.39 Å². The summed E-state index contributed by atoms with van der Waals surface area (Å²) < 4.78 is 12.9. The molecular weight excluding hydrogens is 215 g/mol. The summed E-state index contributed by atoms with van der Waals surface area (Å²) >= 11 is 1.37. The van der Waals surface area contributed by atoms with Gasteiger partial charge in [-0.1, -0.05) is 6.92 Å². The molecule has 0 amide bonds. The van der Waals surface area contributed by atoms with Gasteiger partial charge < -0.3 is 10.8 Å². The molecule has 1 unspecified atom stereocenters. The van der Waals surface area contributed by atoms with Crippen LogP contribution in [-0.2, 0) is 0 Å². The number of hydrogen-bond acceptors (Lipinski definition) is 3. The molecule has 1 aromatic carbocycles. The summed E-state index contributed by atoms with van der Waals surface area (Å²) in [6, 6.07) is 4.12. The van der Waals surface area contributed by atoms with Crippen molar-refractivity contribution in [2.45, 2.75) is 17.1 Å². The topological polar surface area (TPSA) is 70.1 Å². The third-order valence-corrected chi connectivity index (χ3v) is 2.98. The van der Waals surface area contributed by atoms with Gasteiger partial charge in [-0.3, -0.25) is 5.41 Å². The van der Waals surface area contributed by atoms with E-state index in [9.17, 15) is 4.39 Å². The van der Waals surface area contributed by atoms with Gasteiger partial charge in [0, 0.05) is 15.7 Å². The van der Waals surface area contributed by atoms with Gasteiger partial charge in [0.1, 0.15) is 11.7 Å². The van der Waals surface area contributed by atoms with Gasteiger partial charge in [-0.2, -0.15) is 0 Å². The fourth-order valence-corrected chi connectivity index (χ4v) is 2.02. The SMILES string of the molecule is CC(CO)Sc1ccc(F)cc1C(=N)N. The molecule has 0 saturated carbocycles. The lowest BCUT2D eigenvalue weighted by atomic mass is 10.2. The molecule has 82 valence electrons. The molecule has 0 saturated heterocycles. The van der Waals surface area contributed by atoms with Crippen LogP contribution in [0.25, 0.3) is 0 Å². The van der Waals surface area contributed by atoms with Crippen molar-refractivity contribution in [2.24, 2.45) is 5.73 Å². The van der Waals surface area contributed by atoms with E-state index in [1.807, 2.05) is 6.92 Å². The monoisotopic (exact) mass is 228 g/mol. The Hall–Kier alpha value is -1.07. The number of aliphatic hydroxyl groups excluding tert-OH is 1. The van der Waals surface area contributed by atoms with Crippen LogP contribution >= 0.6 is 11.8 Å². The zero-order valence-electron chi connectivity index (χ0n) is 8.33. The molecule has 1 aromatic rings. The van der Waals surface area contributed by atoms with Crippen molar-refractivity contribution < 1.29 is 9.50 Å². The Kier molecular flexibility index (Phi) is 4.11. The van der Waals surface area contributed by atoms with Crippen molar-refractivity contribution in [3.63, 3.8) is 0 Å². The van der Waals surface area contributed by atoms with E-state index in [0.29, 0.717) is 10.5 Å². The van der Waals surface area contributed by atoms with Crippen molar-refractivity contribution in [1.82, 2.24) is 0 Å². The zero-order chi connectivity index (χ0) is 11.4. The molecule has 4 N–H and O–H groups in total. The first-order valence-electron chi connectivity index (χ1n) is 4.46. The molecule has 0 spiro atoms. The molecule has 0 radical (unpaired) electrons. The number of benzene rings is 1. The highest BCUT2D eigenvalue weighted by Gasteiger charge is 2.10. The molecule has 1 atom stereocenters. The quantitative estimate of drug-likeness (QED) is 0.416. The molecule has 0 fully saturated rings. The number of aliphatic hydroxyl groups is 1. The molecule has 0 aromatic heterocycles. The number of nitrogen functional groups attached to an aromatic ring is 1. The highest BCUT2D eigenvalue weighted by Crippen LogP contribution is 2.27. The van der Waals surface area contributed by atoms with Crippen LogP contribution in [-0.4, -0.2) is 22.8 Å². The number of nitrogens with one attached hydrogen (secondary N) is 1. The van der Waals surface area contributed by atoms with Crippen molar-refractivity contribution in [1.29, 1.82) is 5.41 Å². The number of nitrogens with two attached hydrogens (primary N) is 1. The van der Waals surface area contributed by atoms with E-state index >= 15 is 0 Å². The van der Waals surface area contributed by atoms with Gasteiger partial charge in [-0.25, -0.2) is 4.39 Å². The van der Waals surface area contributed by atoms with E-state index in [4.69, 9.17) is 16.2 Å². The second kappa shape index (κ2) is 5.14. The molecule has 0 aliphatic heterocycles. The molecule has 5 heteroatoms. The highest BCUT2D eigenvalue weighted by molar-refractivity contribution is 8.00. The molecule has 3 nitrogen and oxygen atoms in total. The minimum atomic E-state index is -0.416. The van der Waals surface area contributed by atoms with Gasteiger partial charge in [0.05, 0.1) is 6.61 Å². The highest BCUT2D eigenvalue weighted by atomic mass is 32.2. The first-order valence-corrected chi connectivity index (χ1v) is 5.34. The maximum atomic E-state index is 12.9. The van der Waals surface area contributed by atoms with Crippen molar-refractivity contribution in [3.05, 3.63) is 29.6 Å². The molecule has 0 aliphatic rings. The Bertz CT molecular complexity index is 370. The molecular formula is C10H13FN2OS. The van der Waals surface area contributed by atoms with Gasteiger partial charge >= 0.3 is 0 Å². The molecule has 15 heavy (non-hydrogen) atoms. The summed E-state index contributed by atoms with van der Waals surface area (Å²) in [4.78, 5) is 0.713. The second-order valence-corrected chi connectivity index (χ2v) is 4.65. The summed E-state index contributed by atoms with van der Waals surface area (Å²) in [5.41, 5.74) is 5.72. The van der Waals surface area contributed by atoms with Crippen LogP contribution in [0.1, 0.15) is 12.5 Å². The summed E-state index contributed by atoms with van der Waals surface area (Å²) in [7, 11) is 0. The Morgan fingerprint density at radius 2 is 2.33 bits per heavy atom. The maximum Gasteiger partial charge on any atom is 0.124 e. The van der Waals surface area contributed by atoms with Crippen LogP contribution in [0.5, 0.6) is 0 Å². The molecule has 1 rings (SSSR count). The number of amidine groups is 1. The molecule has 0 aliphatic carbocycles. The van der Waals surface area contributed by atoms with Crippen LogP contribution < -0.4 is 5.73 Å². The minimum Gasteiger partial charge on any atom is -0.395 e. The Labute approximate surface area is 92.0 Å². The average Bonchev–Trinajstić information content (AvgIpc) is 2.20. The lowest BCUT2D eigenvalue weighted by molar-refractivity contribution is 0.300. The molecule has 0 heterocycles. The second-order valence-electron chi connectivity index (χ2n) is 3.17. The van der Waals surface area contributed by atoms with E-state index in [1.54, 1.807) is 6.07 Å². The lowest BCUT2D eigenvalue weighted by Crippen LogP contribution is -2.13. The number of hydrogen-bond donors (Lipinski definition) is 3. The van der Waals surface area contributed by atoms with Gasteiger partial charge in [0.15, 0.2) is 0 Å². The van der Waals surface area contributed by atoms with Crippen LogP contribution in [0, 0.1) is 11.2 Å². The van der Waals surface area contributed by atoms with Crippen LogP contribution in [0.15, 0.2) is 23.1 Å². The van der Waals surface area contributed by atoms with Crippen molar-refractivity contribution >= 4 is 17.6 Å². The van der Waals surface area contributed by atoms with Crippen LogP contribution in [0.3, 0.4) is 0 Å². The minimum absolute atomic E-state index is 0.00596. The third-order valence-electron chi connectivity index (χ3n) is 1.82. The predicted octanol–water partition coefficient (Wildman–Crippen LogP) is 1.58. The fraction of sp³-hybridized carbons (Fsp3) is 0.300. The normalized spacial score (nSPS) is 12.5. The van der Waals surface area contributed by atoms with Crippen LogP contribution in [0.2, 0.25) is 0 Å².